The van der Waals surface area contributed by atoms with Gasteiger partial charge in [-0.2, -0.15) is 0 Å². The second-order valence-corrected chi connectivity index (χ2v) is 5.93. The summed E-state index contributed by atoms with van der Waals surface area (Å²) in [5.41, 5.74) is 0.740. The lowest BCUT2D eigenvalue weighted by atomic mass is 9.82. The zero-order valence-electron chi connectivity index (χ0n) is 12.6. The van der Waals surface area contributed by atoms with E-state index in [1.165, 1.54) is 0 Å². The monoisotopic (exact) mass is 290 g/mol. The Morgan fingerprint density at radius 3 is 2.43 bits per heavy atom. The van der Waals surface area contributed by atoms with Crippen molar-refractivity contribution in [2.24, 2.45) is 5.41 Å². The Balaban J connectivity index is 2.10. The van der Waals surface area contributed by atoms with Gasteiger partial charge in [-0.3, -0.25) is 9.59 Å². The number of hydrogen-bond donors (Lipinski definition) is 2. The maximum atomic E-state index is 12.3. The van der Waals surface area contributed by atoms with Crippen molar-refractivity contribution in [3.05, 3.63) is 24.3 Å². The van der Waals surface area contributed by atoms with E-state index in [2.05, 4.69) is 5.32 Å². The van der Waals surface area contributed by atoms with Crippen LogP contribution in [-0.4, -0.2) is 31.1 Å². The Kier molecular flexibility index (Phi) is 4.50. The van der Waals surface area contributed by atoms with Crippen molar-refractivity contribution in [1.82, 2.24) is 0 Å². The van der Waals surface area contributed by atoms with Gasteiger partial charge >= 0.3 is 5.97 Å². The van der Waals surface area contributed by atoms with E-state index in [1.807, 2.05) is 43.3 Å². The molecule has 1 amide bonds. The fourth-order valence-corrected chi connectivity index (χ4v) is 2.99. The van der Waals surface area contributed by atoms with Crippen LogP contribution in [0.2, 0.25) is 0 Å². The number of benzene rings is 1. The molecule has 0 atom stereocenters. The van der Waals surface area contributed by atoms with Gasteiger partial charge in [0.2, 0.25) is 5.91 Å². The summed E-state index contributed by atoms with van der Waals surface area (Å²) in [6.07, 6.45) is 2.99. The van der Waals surface area contributed by atoms with Crippen LogP contribution in [0.5, 0.6) is 0 Å². The molecule has 0 aliphatic heterocycles. The van der Waals surface area contributed by atoms with Crippen LogP contribution < -0.4 is 10.2 Å². The lowest BCUT2D eigenvalue weighted by Crippen LogP contribution is -2.33. The van der Waals surface area contributed by atoms with Crippen LogP contribution in [0.3, 0.4) is 0 Å². The number of nitrogens with one attached hydrogen (secondary N) is 1. The van der Waals surface area contributed by atoms with Crippen LogP contribution >= 0.6 is 0 Å². The zero-order chi connectivity index (χ0) is 15.5. The molecule has 2 N–H and O–H groups in total. The average molecular weight is 290 g/mol. The maximum Gasteiger partial charge on any atom is 0.310 e. The standard InChI is InChI=1S/C16H22N2O3/c1-18(2)13-8-4-3-7-12(13)17-14(19)11-16(15(20)21)9-5-6-10-16/h3-4,7-8H,5-6,9-11H2,1-2H3,(H,17,19)(H,20,21). The van der Waals surface area contributed by atoms with E-state index in [4.69, 9.17) is 0 Å². The number of carbonyl (C=O) groups is 2. The van der Waals surface area contributed by atoms with Gasteiger partial charge in [0.25, 0.3) is 0 Å². The number of aliphatic carboxylic acids is 1. The third kappa shape index (κ3) is 3.35. The number of rotatable bonds is 5. The Bertz CT molecular complexity index is 534. The first-order chi connectivity index (χ1) is 9.94. The van der Waals surface area contributed by atoms with Crippen LogP contribution in [0.25, 0.3) is 0 Å². The van der Waals surface area contributed by atoms with Crippen molar-refractivity contribution >= 4 is 23.3 Å². The van der Waals surface area contributed by atoms with Crippen LogP contribution in [0.4, 0.5) is 11.4 Å². The van der Waals surface area contributed by atoms with Crippen molar-refractivity contribution in [3.8, 4) is 0 Å². The molecule has 0 bridgehead atoms. The molecule has 1 aromatic carbocycles. The molecule has 21 heavy (non-hydrogen) atoms. The number of carbonyl (C=O) groups excluding carboxylic acids is 1. The molecule has 1 aromatic rings. The molecule has 0 unspecified atom stereocenters. The number of hydrogen-bond acceptors (Lipinski definition) is 3. The number of amides is 1. The van der Waals surface area contributed by atoms with Crippen LogP contribution in [0.1, 0.15) is 32.1 Å². The average Bonchev–Trinajstić information content (AvgIpc) is 2.88. The van der Waals surface area contributed by atoms with Gasteiger partial charge in [0.1, 0.15) is 0 Å². The molecule has 1 saturated carbocycles. The summed E-state index contributed by atoms with van der Waals surface area (Å²) < 4.78 is 0. The quantitative estimate of drug-likeness (QED) is 0.875. The summed E-state index contributed by atoms with van der Waals surface area (Å²) in [5, 5.41) is 12.3. The molecular formula is C16H22N2O3. The molecule has 1 aliphatic carbocycles. The molecule has 0 radical (unpaired) electrons. The van der Waals surface area contributed by atoms with Crippen molar-refractivity contribution in [2.75, 3.05) is 24.3 Å². The summed E-state index contributed by atoms with van der Waals surface area (Å²) in [7, 11) is 3.81. The van der Waals surface area contributed by atoms with Gasteiger partial charge in [-0.25, -0.2) is 0 Å². The van der Waals surface area contributed by atoms with Gasteiger partial charge in [0.15, 0.2) is 0 Å². The Labute approximate surface area is 125 Å². The van der Waals surface area contributed by atoms with E-state index in [9.17, 15) is 14.7 Å². The first-order valence-corrected chi connectivity index (χ1v) is 7.24. The molecule has 0 spiro atoms. The number of para-hydroxylation sites is 2. The lowest BCUT2D eigenvalue weighted by molar-refractivity contribution is -0.150. The van der Waals surface area contributed by atoms with Gasteiger partial charge in [0.05, 0.1) is 16.8 Å². The lowest BCUT2D eigenvalue weighted by Gasteiger charge is -2.24. The molecular weight excluding hydrogens is 268 g/mol. The molecule has 2 rings (SSSR count). The molecule has 1 aliphatic rings. The summed E-state index contributed by atoms with van der Waals surface area (Å²) in [4.78, 5) is 25.7. The minimum Gasteiger partial charge on any atom is -0.481 e. The molecule has 0 heterocycles. The van der Waals surface area contributed by atoms with Gasteiger partial charge in [-0.05, 0) is 25.0 Å². The summed E-state index contributed by atoms with van der Waals surface area (Å²) in [6.45, 7) is 0. The molecule has 114 valence electrons. The normalized spacial score (nSPS) is 16.5. The first-order valence-electron chi connectivity index (χ1n) is 7.24. The molecule has 5 heteroatoms. The van der Waals surface area contributed by atoms with Crippen LogP contribution in [0, 0.1) is 5.41 Å². The van der Waals surface area contributed by atoms with Crippen molar-refractivity contribution in [2.45, 2.75) is 32.1 Å². The fraction of sp³-hybridized carbons (Fsp3) is 0.500. The predicted octanol–water partition coefficient (Wildman–Crippen LogP) is 2.73. The van der Waals surface area contributed by atoms with E-state index < -0.39 is 11.4 Å². The number of carboxylic acid groups (broad SMARTS) is 1. The minimum absolute atomic E-state index is 0.0457. The van der Waals surface area contributed by atoms with Crippen molar-refractivity contribution in [1.29, 1.82) is 0 Å². The summed E-state index contributed by atoms with van der Waals surface area (Å²) in [6, 6.07) is 7.50. The molecule has 5 nitrogen and oxygen atoms in total. The van der Waals surface area contributed by atoms with E-state index in [0.29, 0.717) is 18.5 Å². The van der Waals surface area contributed by atoms with E-state index in [-0.39, 0.29) is 12.3 Å². The van der Waals surface area contributed by atoms with Gasteiger partial charge in [-0.15, -0.1) is 0 Å². The Morgan fingerprint density at radius 2 is 1.86 bits per heavy atom. The third-order valence-corrected chi connectivity index (χ3v) is 4.17. The highest BCUT2D eigenvalue weighted by Gasteiger charge is 2.43. The minimum atomic E-state index is -0.878. The van der Waals surface area contributed by atoms with Crippen molar-refractivity contribution < 1.29 is 14.7 Å². The van der Waals surface area contributed by atoms with Gasteiger partial charge in [0, 0.05) is 20.5 Å². The van der Waals surface area contributed by atoms with E-state index >= 15 is 0 Å². The van der Waals surface area contributed by atoms with Crippen LogP contribution in [-0.2, 0) is 9.59 Å². The van der Waals surface area contributed by atoms with Crippen molar-refractivity contribution in [3.63, 3.8) is 0 Å². The van der Waals surface area contributed by atoms with E-state index in [1.54, 1.807) is 0 Å². The second-order valence-electron chi connectivity index (χ2n) is 5.93. The van der Waals surface area contributed by atoms with Crippen LogP contribution in [0.15, 0.2) is 24.3 Å². The number of nitrogens with zero attached hydrogens (tertiary/aromatic N) is 1. The Hall–Kier alpha value is -2.04. The molecule has 1 fully saturated rings. The summed E-state index contributed by atoms with van der Waals surface area (Å²) >= 11 is 0. The molecule has 0 aromatic heterocycles. The largest absolute Gasteiger partial charge is 0.481 e. The highest BCUT2D eigenvalue weighted by Crippen LogP contribution is 2.41. The predicted molar refractivity (Wildman–Crippen MR) is 82.6 cm³/mol. The first kappa shape index (κ1) is 15.4. The zero-order valence-corrected chi connectivity index (χ0v) is 12.6. The smallest absolute Gasteiger partial charge is 0.310 e. The molecule has 0 saturated heterocycles. The number of carboxylic acids is 1. The highest BCUT2D eigenvalue weighted by atomic mass is 16.4. The Morgan fingerprint density at radius 1 is 1.24 bits per heavy atom. The third-order valence-electron chi connectivity index (χ3n) is 4.17. The number of anilines is 2. The maximum absolute atomic E-state index is 12.3. The highest BCUT2D eigenvalue weighted by molar-refractivity contribution is 5.97. The SMILES string of the molecule is CN(C)c1ccccc1NC(=O)CC1(C(=O)O)CCCC1. The fourth-order valence-electron chi connectivity index (χ4n) is 2.99. The van der Waals surface area contributed by atoms with E-state index in [0.717, 1.165) is 18.5 Å². The van der Waals surface area contributed by atoms with Gasteiger partial charge in [-0.1, -0.05) is 25.0 Å². The topological polar surface area (TPSA) is 69.6 Å². The summed E-state index contributed by atoms with van der Waals surface area (Å²) in [5.74, 6) is -1.08. The van der Waals surface area contributed by atoms with Gasteiger partial charge < -0.3 is 15.3 Å². The second kappa shape index (κ2) is 6.16.